The molecule has 1 atom stereocenters. The van der Waals surface area contributed by atoms with Crippen LogP contribution in [0.15, 0.2) is 24.3 Å². The summed E-state index contributed by atoms with van der Waals surface area (Å²) in [6.45, 7) is 6.14. The second kappa shape index (κ2) is 9.29. The first-order chi connectivity index (χ1) is 8.76. The van der Waals surface area contributed by atoms with Gasteiger partial charge in [-0.2, -0.15) is 11.8 Å². The first-order valence-electron chi connectivity index (χ1n) is 6.70. The van der Waals surface area contributed by atoms with Crippen molar-refractivity contribution in [1.82, 2.24) is 5.32 Å². The molecular formula is C15H25NOS. The zero-order valence-corrected chi connectivity index (χ0v) is 12.6. The third kappa shape index (κ3) is 6.31. The maximum Gasteiger partial charge on any atom is 0.119 e. The molecule has 2 nitrogen and oxygen atoms in total. The van der Waals surface area contributed by atoms with Gasteiger partial charge in [0.15, 0.2) is 0 Å². The summed E-state index contributed by atoms with van der Waals surface area (Å²) in [6, 6.07) is 8.96. The van der Waals surface area contributed by atoms with Gasteiger partial charge in [-0.15, -0.1) is 0 Å². The Balaban J connectivity index is 2.31. The highest BCUT2D eigenvalue weighted by atomic mass is 32.2. The van der Waals surface area contributed by atoms with Crippen molar-refractivity contribution in [3.8, 4) is 5.75 Å². The molecule has 0 aliphatic carbocycles. The highest BCUT2D eigenvalue weighted by molar-refractivity contribution is 7.98. The van der Waals surface area contributed by atoms with Crippen molar-refractivity contribution in [3.63, 3.8) is 0 Å². The smallest absolute Gasteiger partial charge is 0.119 e. The summed E-state index contributed by atoms with van der Waals surface area (Å²) in [4.78, 5) is 0. The molecule has 18 heavy (non-hydrogen) atoms. The van der Waals surface area contributed by atoms with E-state index in [9.17, 15) is 0 Å². The highest BCUT2D eigenvalue weighted by Gasteiger charge is 2.00. The minimum absolute atomic E-state index is 0.556. The van der Waals surface area contributed by atoms with Crippen molar-refractivity contribution in [2.75, 3.05) is 18.6 Å². The summed E-state index contributed by atoms with van der Waals surface area (Å²) in [6.07, 6.45) is 4.44. The van der Waals surface area contributed by atoms with Gasteiger partial charge in [-0.25, -0.2) is 0 Å². The Morgan fingerprint density at radius 3 is 2.61 bits per heavy atom. The third-order valence-corrected chi connectivity index (χ3v) is 3.59. The van der Waals surface area contributed by atoms with E-state index in [0.717, 1.165) is 31.1 Å². The number of hydrogen-bond acceptors (Lipinski definition) is 3. The van der Waals surface area contributed by atoms with Crippen LogP contribution in [0, 0.1) is 0 Å². The molecule has 0 saturated carbocycles. The summed E-state index contributed by atoms with van der Waals surface area (Å²) >= 11 is 1.88. The average molecular weight is 267 g/mol. The summed E-state index contributed by atoms with van der Waals surface area (Å²) in [5, 5.41) is 3.51. The molecule has 1 aromatic rings. The number of benzene rings is 1. The van der Waals surface area contributed by atoms with E-state index in [2.05, 4.69) is 49.7 Å². The van der Waals surface area contributed by atoms with Crippen LogP contribution in [0.3, 0.4) is 0 Å². The molecule has 0 amide bonds. The van der Waals surface area contributed by atoms with Crippen LogP contribution in [0.25, 0.3) is 0 Å². The lowest BCUT2D eigenvalue weighted by Gasteiger charge is -2.12. The lowest BCUT2D eigenvalue weighted by Crippen LogP contribution is -2.27. The topological polar surface area (TPSA) is 21.3 Å². The number of unbranched alkanes of at least 4 members (excludes halogenated alkanes) is 1. The monoisotopic (exact) mass is 267 g/mol. The zero-order chi connectivity index (χ0) is 13.2. The van der Waals surface area contributed by atoms with Crippen molar-refractivity contribution >= 4 is 11.8 Å². The van der Waals surface area contributed by atoms with Gasteiger partial charge in [0.25, 0.3) is 0 Å². The van der Waals surface area contributed by atoms with E-state index in [0.29, 0.717) is 6.04 Å². The Kier molecular flexibility index (Phi) is 7.94. The number of hydrogen-bond donors (Lipinski definition) is 1. The number of nitrogens with one attached hydrogen (secondary N) is 1. The summed E-state index contributed by atoms with van der Waals surface area (Å²) < 4.78 is 5.64. The Bertz CT molecular complexity index is 313. The molecule has 0 aromatic heterocycles. The molecule has 0 heterocycles. The molecule has 0 radical (unpaired) electrons. The van der Waals surface area contributed by atoms with Gasteiger partial charge in [-0.3, -0.25) is 0 Å². The normalized spacial score (nSPS) is 12.4. The van der Waals surface area contributed by atoms with Gasteiger partial charge in [0.05, 0.1) is 6.61 Å². The van der Waals surface area contributed by atoms with Gasteiger partial charge in [-0.1, -0.05) is 25.5 Å². The lowest BCUT2D eigenvalue weighted by molar-refractivity contribution is 0.309. The van der Waals surface area contributed by atoms with E-state index in [1.54, 1.807) is 0 Å². The molecule has 0 spiro atoms. The summed E-state index contributed by atoms with van der Waals surface area (Å²) in [7, 11) is 0. The minimum atomic E-state index is 0.556. The predicted octanol–water partition coefficient (Wildman–Crippen LogP) is 3.71. The van der Waals surface area contributed by atoms with Crippen LogP contribution in [0.2, 0.25) is 0 Å². The molecule has 1 unspecified atom stereocenters. The Morgan fingerprint density at radius 2 is 2.00 bits per heavy atom. The molecule has 102 valence electrons. The van der Waals surface area contributed by atoms with Crippen LogP contribution in [-0.2, 0) is 6.54 Å². The number of ether oxygens (including phenoxy) is 1. The minimum Gasteiger partial charge on any atom is -0.494 e. The maximum atomic E-state index is 5.64. The summed E-state index contributed by atoms with van der Waals surface area (Å²) in [5.74, 6) is 2.13. The van der Waals surface area contributed by atoms with Crippen molar-refractivity contribution in [2.45, 2.75) is 39.3 Å². The van der Waals surface area contributed by atoms with E-state index in [-0.39, 0.29) is 0 Å². The van der Waals surface area contributed by atoms with Crippen molar-refractivity contribution in [2.24, 2.45) is 0 Å². The van der Waals surface area contributed by atoms with Crippen molar-refractivity contribution in [1.29, 1.82) is 0 Å². The predicted molar refractivity (Wildman–Crippen MR) is 81.5 cm³/mol. The fraction of sp³-hybridized carbons (Fsp3) is 0.600. The third-order valence-electron chi connectivity index (χ3n) is 2.76. The van der Waals surface area contributed by atoms with Crippen molar-refractivity contribution < 1.29 is 4.74 Å². The number of rotatable bonds is 9. The first-order valence-corrected chi connectivity index (χ1v) is 8.09. The molecule has 1 rings (SSSR count). The second-order valence-corrected chi connectivity index (χ2v) is 5.49. The molecular weight excluding hydrogens is 242 g/mol. The highest BCUT2D eigenvalue weighted by Crippen LogP contribution is 2.12. The van der Waals surface area contributed by atoms with E-state index < -0.39 is 0 Å². The van der Waals surface area contributed by atoms with Crippen LogP contribution < -0.4 is 10.1 Å². The Labute approximate surface area is 116 Å². The van der Waals surface area contributed by atoms with Crippen LogP contribution in [0.5, 0.6) is 5.75 Å². The Hall–Kier alpha value is -0.670. The largest absolute Gasteiger partial charge is 0.494 e. The Morgan fingerprint density at radius 1 is 1.28 bits per heavy atom. The molecule has 0 aliphatic rings. The van der Waals surface area contributed by atoms with Gasteiger partial charge in [0.1, 0.15) is 5.75 Å². The van der Waals surface area contributed by atoms with Crippen LogP contribution in [0.1, 0.15) is 32.3 Å². The SMILES string of the molecule is CCCCOc1ccc(CNC(C)CSC)cc1. The standard InChI is InChI=1S/C15H25NOS/c1-4-5-10-17-15-8-6-14(7-9-15)11-16-13(2)12-18-3/h6-9,13,16H,4-5,10-12H2,1-3H3. The van der Waals surface area contributed by atoms with E-state index in [1.165, 1.54) is 12.0 Å². The van der Waals surface area contributed by atoms with E-state index in [1.807, 2.05) is 11.8 Å². The molecule has 1 aromatic carbocycles. The second-order valence-electron chi connectivity index (χ2n) is 4.58. The van der Waals surface area contributed by atoms with Gasteiger partial charge < -0.3 is 10.1 Å². The van der Waals surface area contributed by atoms with Gasteiger partial charge in [0, 0.05) is 18.3 Å². The van der Waals surface area contributed by atoms with Gasteiger partial charge in [0.2, 0.25) is 0 Å². The molecule has 0 saturated heterocycles. The van der Waals surface area contributed by atoms with Gasteiger partial charge in [-0.05, 0) is 37.3 Å². The molecule has 0 bridgehead atoms. The molecule has 0 fully saturated rings. The van der Waals surface area contributed by atoms with E-state index in [4.69, 9.17) is 4.74 Å². The molecule has 0 aliphatic heterocycles. The molecule has 3 heteroatoms. The lowest BCUT2D eigenvalue weighted by atomic mass is 10.2. The molecule has 1 N–H and O–H groups in total. The quantitative estimate of drug-likeness (QED) is 0.689. The van der Waals surface area contributed by atoms with Crippen LogP contribution in [-0.4, -0.2) is 24.7 Å². The van der Waals surface area contributed by atoms with Gasteiger partial charge >= 0.3 is 0 Å². The fourth-order valence-electron chi connectivity index (χ4n) is 1.64. The average Bonchev–Trinajstić information content (AvgIpc) is 2.38. The zero-order valence-electron chi connectivity index (χ0n) is 11.7. The van der Waals surface area contributed by atoms with Crippen LogP contribution >= 0.6 is 11.8 Å². The fourth-order valence-corrected chi connectivity index (χ4v) is 2.26. The van der Waals surface area contributed by atoms with E-state index >= 15 is 0 Å². The maximum absolute atomic E-state index is 5.64. The van der Waals surface area contributed by atoms with Crippen LogP contribution in [0.4, 0.5) is 0 Å². The van der Waals surface area contributed by atoms with Crippen molar-refractivity contribution in [3.05, 3.63) is 29.8 Å². The summed E-state index contributed by atoms with van der Waals surface area (Å²) in [5.41, 5.74) is 1.31. The number of thioether (sulfide) groups is 1. The first kappa shape index (κ1) is 15.4.